The van der Waals surface area contributed by atoms with Crippen molar-refractivity contribution in [1.29, 1.82) is 0 Å². The molecule has 0 radical (unpaired) electrons. The monoisotopic (exact) mass is 253 g/mol. The highest BCUT2D eigenvalue weighted by Crippen LogP contribution is 2.31. The van der Waals surface area contributed by atoms with Crippen LogP contribution in [-0.2, 0) is 9.59 Å². The number of nitrogens with one attached hydrogen (secondary N) is 2. The fourth-order valence-electron chi connectivity index (χ4n) is 2.90. The first-order valence-corrected chi connectivity index (χ1v) is 6.88. The van der Waals surface area contributed by atoms with E-state index in [1.165, 1.54) is 0 Å². The Balaban J connectivity index is 2.13. The number of carbonyl (C=O) groups excluding carboxylic acids is 2. The van der Waals surface area contributed by atoms with E-state index in [2.05, 4.69) is 10.6 Å². The summed E-state index contributed by atoms with van der Waals surface area (Å²) in [5.74, 6) is 0.153. The molecule has 2 N–H and O–H groups in total. The van der Waals surface area contributed by atoms with Gasteiger partial charge in [-0.05, 0) is 32.4 Å². The minimum atomic E-state index is -0.295. The zero-order valence-electron chi connectivity index (χ0n) is 11.3. The van der Waals surface area contributed by atoms with Gasteiger partial charge in [0.15, 0.2) is 0 Å². The molecule has 102 valence electrons. The second kappa shape index (κ2) is 5.26. The standard InChI is InChI=1S/C13H23N3O2/c1-3-10-11(17)15-8-9-16(10)12(18)13(2)4-6-14-7-5-13/h10,14H,3-9H2,1-2H3,(H,15,17). The average Bonchev–Trinajstić information content (AvgIpc) is 2.38. The number of piperazine rings is 1. The van der Waals surface area contributed by atoms with Crippen molar-refractivity contribution >= 4 is 11.8 Å². The van der Waals surface area contributed by atoms with Crippen LogP contribution in [0.4, 0.5) is 0 Å². The van der Waals surface area contributed by atoms with Crippen molar-refractivity contribution in [1.82, 2.24) is 15.5 Å². The van der Waals surface area contributed by atoms with Gasteiger partial charge in [0.2, 0.25) is 11.8 Å². The van der Waals surface area contributed by atoms with Gasteiger partial charge in [0.25, 0.3) is 0 Å². The third kappa shape index (κ3) is 2.36. The molecular formula is C13H23N3O2. The predicted molar refractivity (Wildman–Crippen MR) is 69.0 cm³/mol. The van der Waals surface area contributed by atoms with Crippen molar-refractivity contribution in [3.8, 4) is 0 Å². The normalized spacial score (nSPS) is 27.8. The van der Waals surface area contributed by atoms with E-state index >= 15 is 0 Å². The average molecular weight is 253 g/mol. The summed E-state index contributed by atoms with van der Waals surface area (Å²) in [5.41, 5.74) is -0.295. The van der Waals surface area contributed by atoms with Crippen LogP contribution in [-0.4, -0.2) is 48.9 Å². The summed E-state index contributed by atoms with van der Waals surface area (Å²) in [6.07, 6.45) is 2.41. The molecule has 2 aliphatic rings. The molecule has 1 atom stereocenters. The summed E-state index contributed by atoms with van der Waals surface area (Å²) in [5, 5.41) is 6.12. The molecule has 2 rings (SSSR count). The Morgan fingerprint density at radius 3 is 2.67 bits per heavy atom. The third-order valence-corrected chi connectivity index (χ3v) is 4.20. The minimum Gasteiger partial charge on any atom is -0.353 e. The van der Waals surface area contributed by atoms with Crippen LogP contribution < -0.4 is 10.6 Å². The van der Waals surface area contributed by atoms with Crippen molar-refractivity contribution < 1.29 is 9.59 Å². The Bertz CT molecular complexity index is 337. The molecule has 5 heteroatoms. The number of piperidine rings is 1. The summed E-state index contributed by atoms with van der Waals surface area (Å²) < 4.78 is 0. The van der Waals surface area contributed by atoms with Gasteiger partial charge in [-0.1, -0.05) is 13.8 Å². The quantitative estimate of drug-likeness (QED) is 0.734. The van der Waals surface area contributed by atoms with Gasteiger partial charge in [-0.2, -0.15) is 0 Å². The van der Waals surface area contributed by atoms with Gasteiger partial charge in [-0.25, -0.2) is 0 Å². The van der Waals surface area contributed by atoms with E-state index in [0.29, 0.717) is 19.5 Å². The molecule has 0 aliphatic carbocycles. The molecule has 2 amide bonds. The second-order valence-electron chi connectivity index (χ2n) is 5.52. The van der Waals surface area contributed by atoms with Gasteiger partial charge in [-0.3, -0.25) is 9.59 Å². The minimum absolute atomic E-state index is 0.00497. The zero-order chi connectivity index (χ0) is 13.2. The van der Waals surface area contributed by atoms with Gasteiger partial charge in [0.05, 0.1) is 0 Å². The number of hydrogen-bond donors (Lipinski definition) is 2. The van der Waals surface area contributed by atoms with E-state index in [1.807, 2.05) is 13.8 Å². The SMILES string of the molecule is CCC1C(=O)NCCN1C(=O)C1(C)CCNCC1. The van der Waals surface area contributed by atoms with Crippen molar-refractivity contribution in [2.75, 3.05) is 26.2 Å². The summed E-state index contributed by atoms with van der Waals surface area (Å²) in [7, 11) is 0. The third-order valence-electron chi connectivity index (χ3n) is 4.20. The summed E-state index contributed by atoms with van der Waals surface area (Å²) in [6, 6.07) is -0.280. The number of hydrogen-bond acceptors (Lipinski definition) is 3. The first-order chi connectivity index (χ1) is 8.58. The highest BCUT2D eigenvalue weighted by atomic mass is 16.2. The Morgan fingerprint density at radius 2 is 2.06 bits per heavy atom. The number of nitrogens with zero attached hydrogens (tertiary/aromatic N) is 1. The molecule has 18 heavy (non-hydrogen) atoms. The van der Waals surface area contributed by atoms with Crippen LogP contribution in [0, 0.1) is 5.41 Å². The molecule has 5 nitrogen and oxygen atoms in total. The van der Waals surface area contributed by atoms with E-state index in [1.54, 1.807) is 4.90 Å². The Hall–Kier alpha value is -1.10. The fourth-order valence-corrected chi connectivity index (χ4v) is 2.90. The van der Waals surface area contributed by atoms with Crippen molar-refractivity contribution in [3.63, 3.8) is 0 Å². The zero-order valence-corrected chi connectivity index (χ0v) is 11.3. The van der Waals surface area contributed by atoms with Crippen LogP contribution in [0.15, 0.2) is 0 Å². The van der Waals surface area contributed by atoms with Gasteiger partial charge in [0, 0.05) is 18.5 Å². The van der Waals surface area contributed by atoms with Gasteiger partial charge >= 0.3 is 0 Å². The van der Waals surface area contributed by atoms with Crippen LogP contribution in [0.3, 0.4) is 0 Å². The molecule has 2 aliphatic heterocycles. The lowest BCUT2D eigenvalue weighted by Crippen LogP contribution is -2.60. The number of amides is 2. The van der Waals surface area contributed by atoms with Crippen molar-refractivity contribution in [2.24, 2.45) is 5.41 Å². The lowest BCUT2D eigenvalue weighted by atomic mass is 9.79. The maximum absolute atomic E-state index is 12.7. The maximum Gasteiger partial charge on any atom is 0.242 e. The van der Waals surface area contributed by atoms with Crippen molar-refractivity contribution in [2.45, 2.75) is 39.2 Å². The topological polar surface area (TPSA) is 61.4 Å². The highest BCUT2D eigenvalue weighted by molar-refractivity contribution is 5.91. The van der Waals surface area contributed by atoms with Crippen LogP contribution in [0.25, 0.3) is 0 Å². The molecule has 0 aromatic carbocycles. The second-order valence-corrected chi connectivity index (χ2v) is 5.52. The molecule has 2 fully saturated rings. The highest BCUT2D eigenvalue weighted by Gasteiger charge is 2.42. The lowest BCUT2D eigenvalue weighted by Gasteiger charge is -2.42. The van der Waals surface area contributed by atoms with Crippen LogP contribution in [0.2, 0.25) is 0 Å². The predicted octanol–water partition coefficient (Wildman–Crippen LogP) is 0.113. The Kier molecular flexibility index (Phi) is 3.90. The van der Waals surface area contributed by atoms with E-state index in [9.17, 15) is 9.59 Å². The van der Waals surface area contributed by atoms with Gasteiger partial charge in [0.1, 0.15) is 6.04 Å². The molecule has 0 bridgehead atoms. The lowest BCUT2D eigenvalue weighted by molar-refractivity contribution is -0.151. The molecule has 0 aromatic heterocycles. The maximum atomic E-state index is 12.7. The first-order valence-electron chi connectivity index (χ1n) is 6.88. The van der Waals surface area contributed by atoms with E-state index in [4.69, 9.17) is 0 Å². The smallest absolute Gasteiger partial charge is 0.242 e. The number of rotatable bonds is 2. The Labute approximate surface area is 108 Å². The van der Waals surface area contributed by atoms with Crippen LogP contribution in [0.1, 0.15) is 33.1 Å². The number of carbonyl (C=O) groups is 2. The van der Waals surface area contributed by atoms with Gasteiger partial charge in [-0.15, -0.1) is 0 Å². The molecule has 2 saturated heterocycles. The molecule has 0 aromatic rings. The molecule has 0 spiro atoms. The Morgan fingerprint density at radius 1 is 1.39 bits per heavy atom. The molecule has 2 heterocycles. The van der Waals surface area contributed by atoms with E-state index in [-0.39, 0.29) is 23.3 Å². The fraction of sp³-hybridized carbons (Fsp3) is 0.846. The summed E-state index contributed by atoms with van der Waals surface area (Å²) in [6.45, 7) is 7.00. The van der Waals surface area contributed by atoms with Gasteiger partial charge < -0.3 is 15.5 Å². The van der Waals surface area contributed by atoms with Crippen LogP contribution >= 0.6 is 0 Å². The summed E-state index contributed by atoms with van der Waals surface area (Å²) >= 11 is 0. The van der Waals surface area contributed by atoms with Crippen LogP contribution in [0.5, 0.6) is 0 Å². The largest absolute Gasteiger partial charge is 0.353 e. The van der Waals surface area contributed by atoms with E-state index < -0.39 is 0 Å². The molecule has 0 saturated carbocycles. The van der Waals surface area contributed by atoms with E-state index in [0.717, 1.165) is 25.9 Å². The molecule has 1 unspecified atom stereocenters. The summed E-state index contributed by atoms with van der Waals surface area (Å²) in [4.78, 5) is 26.3. The first kappa shape index (κ1) is 13.3. The van der Waals surface area contributed by atoms with Crippen molar-refractivity contribution in [3.05, 3.63) is 0 Å². The molecular weight excluding hydrogens is 230 g/mol.